The van der Waals surface area contributed by atoms with Crippen molar-refractivity contribution in [2.75, 3.05) is 18.0 Å². The molecule has 1 atom stereocenters. The van der Waals surface area contributed by atoms with Gasteiger partial charge in [0.15, 0.2) is 0 Å². The van der Waals surface area contributed by atoms with Crippen LogP contribution in [0.3, 0.4) is 0 Å². The number of aliphatic hydroxyl groups is 1. The smallest absolute Gasteiger partial charge is 0.139 e. The van der Waals surface area contributed by atoms with Gasteiger partial charge in [-0.15, -0.1) is 0 Å². The van der Waals surface area contributed by atoms with Gasteiger partial charge in [0.25, 0.3) is 0 Å². The zero-order valence-corrected chi connectivity index (χ0v) is 10.2. The summed E-state index contributed by atoms with van der Waals surface area (Å²) < 4.78 is 0. The summed E-state index contributed by atoms with van der Waals surface area (Å²) in [5.74, 6) is 0.717. The van der Waals surface area contributed by atoms with E-state index in [9.17, 15) is 5.11 Å². The van der Waals surface area contributed by atoms with Crippen LogP contribution in [0.15, 0.2) is 12.1 Å². The number of amidine groups is 1. The molecule has 1 aromatic heterocycles. The summed E-state index contributed by atoms with van der Waals surface area (Å²) in [6.07, 6.45) is 0.708. The summed E-state index contributed by atoms with van der Waals surface area (Å²) in [6, 6.07) is 3.65. The van der Waals surface area contributed by atoms with E-state index in [0.29, 0.717) is 24.3 Å². The first kappa shape index (κ1) is 11.9. The predicted molar refractivity (Wildman–Crippen MR) is 67.4 cm³/mol. The Bertz CT molecular complexity index is 456. The number of rotatable bonds is 2. The van der Waals surface area contributed by atoms with Crippen molar-refractivity contribution in [2.45, 2.75) is 25.9 Å². The number of nitrogens with one attached hydrogen (secondary N) is 1. The quantitative estimate of drug-likeness (QED) is 0.517. The third kappa shape index (κ3) is 2.39. The first-order chi connectivity index (χ1) is 7.89. The number of nitrogens with two attached hydrogens (primary N) is 1. The Labute approximate surface area is 101 Å². The number of aromatic nitrogens is 1. The first-order valence-electron chi connectivity index (χ1n) is 5.68. The molecule has 0 spiro atoms. The van der Waals surface area contributed by atoms with Gasteiger partial charge >= 0.3 is 0 Å². The number of aryl methyl sites for hydroxylation is 1. The van der Waals surface area contributed by atoms with Crippen molar-refractivity contribution in [3.63, 3.8) is 0 Å². The molecular weight excluding hydrogens is 216 g/mol. The van der Waals surface area contributed by atoms with E-state index in [0.717, 1.165) is 12.2 Å². The van der Waals surface area contributed by atoms with Crippen LogP contribution in [0.5, 0.6) is 0 Å². The molecular formula is C12H18N4O. The van der Waals surface area contributed by atoms with Crippen LogP contribution in [0.2, 0.25) is 0 Å². The maximum Gasteiger partial charge on any atom is 0.139 e. The molecule has 1 aliphatic rings. The van der Waals surface area contributed by atoms with Crippen molar-refractivity contribution in [2.24, 2.45) is 5.73 Å². The molecule has 0 aliphatic carbocycles. The standard InChI is InChI=1S/C12H18N4O/c1-8-3-4-9(10(13)14)11(15-8)16-6-5-12(2,17)7-16/h3-4,17H,5-7H2,1-2H3,(H3,13,14). The second-order valence-electron chi connectivity index (χ2n) is 4.91. The van der Waals surface area contributed by atoms with Crippen LogP contribution in [-0.4, -0.2) is 34.6 Å². The SMILES string of the molecule is Cc1ccc(C(=N)N)c(N2CCC(C)(O)C2)n1. The summed E-state index contributed by atoms with van der Waals surface area (Å²) in [5, 5.41) is 17.5. The van der Waals surface area contributed by atoms with E-state index < -0.39 is 5.60 Å². The highest BCUT2D eigenvalue weighted by atomic mass is 16.3. The predicted octanol–water partition coefficient (Wildman–Crippen LogP) is 0.635. The molecule has 5 nitrogen and oxygen atoms in total. The van der Waals surface area contributed by atoms with Gasteiger partial charge in [-0.05, 0) is 32.4 Å². The number of β-amino-alcohol motifs (C(OH)–C–C–N with tert-alkyl or cyclic N) is 1. The molecule has 0 bridgehead atoms. The summed E-state index contributed by atoms with van der Waals surface area (Å²) in [4.78, 5) is 6.43. The van der Waals surface area contributed by atoms with Gasteiger partial charge in [0, 0.05) is 18.8 Å². The van der Waals surface area contributed by atoms with Crippen LogP contribution < -0.4 is 10.6 Å². The minimum Gasteiger partial charge on any atom is -0.388 e. The van der Waals surface area contributed by atoms with Gasteiger partial charge in [0.2, 0.25) is 0 Å². The molecule has 0 radical (unpaired) electrons. The maximum absolute atomic E-state index is 9.97. The van der Waals surface area contributed by atoms with E-state index in [4.69, 9.17) is 11.1 Å². The fraction of sp³-hybridized carbons (Fsp3) is 0.500. The summed E-state index contributed by atoms with van der Waals surface area (Å²) in [6.45, 7) is 4.99. The average Bonchev–Trinajstić information content (AvgIpc) is 2.58. The van der Waals surface area contributed by atoms with Crippen molar-refractivity contribution < 1.29 is 5.11 Å². The van der Waals surface area contributed by atoms with Crippen molar-refractivity contribution in [3.05, 3.63) is 23.4 Å². The fourth-order valence-electron chi connectivity index (χ4n) is 2.12. The van der Waals surface area contributed by atoms with Crippen molar-refractivity contribution in [3.8, 4) is 0 Å². The lowest BCUT2D eigenvalue weighted by molar-refractivity contribution is 0.0839. The lowest BCUT2D eigenvalue weighted by Gasteiger charge is -2.22. The number of nitrogens with zero attached hydrogens (tertiary/aromatic N) is 2. The van der Waals surface area contributed by atoms with E-state index >= 15 is 0 Å². The number of nitrogen functional groups attached to an aromatic ring is 1. The molecule has 0 saturated carbocycles. The molecule has 92 valence electrons. The lowest BCUT2D eigenvalue weighted by Crippen LogP contribution is -2.31. The molecule has 1 unspecified atom stereocenters. The van der Waals surface area contributed by atoms with E-state index in [1.807, 2.05) is 30.9 Å². The van der Waals surface area contributed by atoms with Gasteiger partial charge < -0.3 is 15.7 Å². The molecule has 5 heteroatoms. The van der Waals surface area contributed by atoms with Gasteiger partial charge in [0.1, 0.15) is 11.7 Å². The van der Waals surface area contributed by atoms with E-state index in [2.05, 4.69) is 4.98 Å². The molecule has 2 heterocycles. The minimum absolute atomic E-state index is 0.0130. The molecule has 1 aromatic rings. The van der Waals surface area contributed by atoms with Crippen molar-refractivity contribution >= 4 is 11.7 Å². The van der Waals surface area contributed by atoms with Crippen LogP contribution in [0.1, 0.15) is 24.6 Å². The minimum atomic E-state index is -0.681. The normalized spacial score (nSPS) is 24.1. The third-order valence-corrected chi connectivity index (χ3v) is 3.06. The summed E-state index contributed by atoms with van der Waals surface area (Å²) in [7, 11) is 0. The second-order valence-corrected chi connectivity index (χ2v) is 4.91. The molecule has 0 aromatic carbocycles. The van der Waals surface area contributed by atoms with E-state index in [1.165, 1.54) is 0 Å². The Morgan fingerprint density at radius 1 is 1.59 bits per heavy atom. The van der Waals surface area contributed by atoms with Gasteiger partial charge in [-0.3, -0.25) is 5.41 Å². The Balaban J connectivity index is 2.38. The van der Waals surface area contributed by atoms with Crippen molar-refractivity contribution in [1.29, 1.82) is 5.41 Å². The number of hydrogen-bond donors (Lipinski definition) is 3. The summed E-state index contributed by atoms with van der Waals surface area (Å²) in [5.41, 5.74) is 6.39. The summed E-state index contributed by atoms with van der Waals surface area (Å²) >= 11 is 0. The Morgan fingerprint density at radius 2 is 2.29 bits per heavy atom. The molecule has 1 saturated heterocycles. The molecule has 1 aliphatic heterocycles. The highest BCUT2D eigenvalue weighted by molar-refractivity contribution is 5.99. The van der Waals surface area contributed by atoms with Crippen LogP contribution in [0.4, 0.5) is 5.82 Å². The highest BCUT2D eigenvalue weighted by Gasteiger charge is 2.33. The lowest BCUT2D eigenvalue weighted by atomic mass is 10.1. The van der Waals surface area contributed by atoms with E-state index in [1.54, 1.807) is 0 Å². The van der Waals surface area contributed by atoms with Crippen LogP contribution >= 0.6 is 0 Å². The Kier molecular flexibility index (Phi) is 2.79. The molecule has 4 N–H and O–H groups in total. The fourth-order valence-corrected chi connectivity index (χ4v) is 2.12. The van der Waals surface area contributed by atoms with Crippen molar-refractivity contribution in [1.82, 2.24) is 4.98 Å². The third-order valence-electron chi connectivity index (χ3n) is 3.06. The zero-order valence-electron chi connectivity index (χ0n) is 10.2. The maximum atomic E-state index is 9.97. The first-order valence-corrected chi connectivity index (χ1v) is 5.68. The van der Waals surface area contributed by atoms with Gasteiger partial charge in [-0.1, -0.05) is 0 Å². The van der Waals surface area contributed by atoms with Crippen LogP contribution in [-0.2, 0) is 0 Å². The number of pyridine rings is 1. The Morgan fingerprint density at radius 3 is 2.82 bits per heavy atom. The van der Waals surface area contributed by atoms with E-state index in [-0.39, 0.29) is 5.84 Å². The molecule has 0 amide bonds. The van der Waals surface area contributed by atoms with Gasteiger partial charge in [-0.25, -0.2) is 4.98 Å². The second kappa shape index (κ2) is 4.00. The van der Waals surface area contributed by atoms with Gasteiger partial charge in [0.05, 0.1) is 11.2 Å². The van der Waals surface area contributed by atoms with Crippen LogP contribution in [0, 0.1) is 12.3 Å². The van der Waals surface area contributed by atoms with Gasteiger partial charge in [-0.2, -0.15) is 0 Å². The topological polar surface area (TPSA) is 86.2 Å². The highest BCUT2D eigenvalue weighted by Crippen LogP contribution is 2.27. The number of anilines is 1. The largest absolute Gasteiger partial charge is 0.388 e. The monoisotopic (exact) mass is 234 g/mol. The molecule has 2 rings (SSSR count). The zero-order chi connectivity index (χ0) is 12.6. The van der Waals surface area contributed by atoms with Crippen LogP contribution in [0.25, 0.3) is 0 Å². The Hall–Kier alpha value is -1.62. The molecule has 17 heavy (non-hydrogen) atoms. The average molecular weight is 234 g/mol. The molecule has 1 fully saturated rings. The number of hydrogen-bond acceptors (Lipinski definition) is 4.